The Bertz CT molecular complexity index is 738. The first kappa shape index (κ1) is 12.5. The first-order valence-electron chi connectivity index (χ1n) is 5.93. The number of amides is 1. The molecule has 1 aliphatic rings. The average molecular weight is 275 g/mol. The molecule has 2 heterocycles. The quantitative estimate of drug-likeness (QED) is 0.777. The summed E-state index contributed by atoms with van der Waals surface area (Å²) >= 11 is 0. The molecule has 0 N–H and O–H groups in total. The van der Waals surface area contributed by atoms with Crippen LogP contribution in [0.2, 0.25) is 0 Å². The highest BCUT2D eigenvalue weighted by Gasteiger charge is 2.39. The normalized spacial score (nSPS) is 14.1. The molecule has 3 rings (SSSR count). The summed E-state index contributed by atoms with van der Waals surface area (Å²) in [4.78, 5) is 25.0. The fourth-order valence-electron chi connectivity index (χ4n) is 2.21. The number of benzene rings is 1. The van der Waals surface area contributed by atoms with E-state index in [9.17, 15) is 14.0 Å². The van der Waals surface area contributed by atoms with Gasteiger partial charge in [0.25, 0.3) is 11.7 Å². The summed E-state index contributed by atoms with van der Waals surface area (Å²) in [5.74, 6) is -2.09. The summed E-state index contributed by atoms with van der Waals surface area (Å²) in [5.41, 5.74) is 1.54. The van der Waals surface area contributed by atoms with Gasteiger partial charge < -0.3 is 0 Å². The fraction of sp³-hybridized carbons (Fsp3) is 0.231. The van der Waals surface area contributed by atoms with Gasteiger partial charge in [0.1, 0.15) is 17.2 Å². The van der Waals surface area contributed by atoms with E-state index in [4.69, 9.17) is 0 Å². The standard InChI is InChI=1S/C13H10FN3O3/c1-6-3-8-11(9(14)4-6)17(13(19)12(8)18)5-10-7(2)15-20-16-10/h3-4H,5H2,1-2H3. The van der Waals surface area contributed by atoms with Gasteiger partial charge in [0.2, 0.25) is 0 Å². The predicted octanol–water partition coefficient (Wildman–Crippen LogP) is 1.56. The molecule has 1 aromatic heterocycles. The van der Waals surface area contributed by atoms with Crippen LogP contribution in [0, 0.1) is 19.7 Å². The first-order chi connectivity index (χ1) is 9.49. The molecule has 1 amide bonds. The van der Waals surface area contributed by atoms with Crippen LogP contribution < -0.4 is 4.90 Å². The maximum atomic E-state index is 14.1. The van der Waals surface area contributed by atoms with Crippen LogP contribution in [-0.2, 0) is 11.3 Å². The van der Waals surface area contributed by atoms with Crippen molar-refractivity contribution in [1.82, 2.24) is 10.3 Å². The number of carbonyl (C=O) groups is 2. The molecule has 0 saturated heterocycles. The molecule has 2 aromatic rings. The summed E-state index contributed by atoms with van der Waals surface area (Å²) in [6.07, 6.45) is 0. The van der Waals surface area contributed by atoms with Crippen LogP contribution in [0.1, 0.15) is 27.3 Å². The van der Waals surface area contributed by atoms with Gasteiger partial charge in [-0.2, -0.15) is 0 Å². The largest absolute Gasteiger partial charge is 0.299 e. The van der Waals surface area contributed by atoms with Crippen molar-refractivity contribution in [3.05, 3.63) is 40.5 Å². The van der Waals surface area contributed by atoms with E-state index in [2.05, 4.69) is 14.9 Å². The van der Waals surface area contributed by atoms with Gasteiger partial charge in [0.15, 0.2) is 0 Å². The lowest BCUT2D eigenvalue weighted by Crippen LogP contribution is -2.30. The molecule has 0 bridgehead atoms. The lowest BCUT2D eigenvalue weighted by atomic mass is 10.1. The Morgan fingerprint density at radius 3 is 2.65 bits per heavy atom. The smallest absolute Gasteiger partial charge is 0.296 e. The number of nitrogens with zero attached hydrogens (tertiary/aromatic N) is 3. The van der Waals surface area contributed by atoms with Crippen LogP contribution in [0.3, 0.4) is 0 Å². The second-order valence-corrected chi connectivity index (χ2v) is 4.66. The average Bonchev–Trinajstić information content (AvgIpc) is 2.88. The number of halogens is 1. The van der Waals surface area contributed by atoms with Crippen molar-refractivity contribution in [3.8, 4) is 0 Å². The molecule has 1 aliphatic heterocycles. The van der Waals surface area contributed by atoms with Crippen molar-refractivity contribution in [2.24, 2.45) is 0 Å². The van der Waals surface area contributed by atoms with Crippen LogP contribution in [0.25, 0.3) is 0 Å². The SMILES string of the molecule is Cc1cc(F)c2c(c1)C(=O)C(=O)N2Cc1nonc1C. The van der Waals surface area contributed by atoms with E-state index in [-0.39, 0.29) is 17.8 Å². The zero-order chi connectivity index (χ0) is 14.4. The Hall–Kier alpha value is -2.57. The predicted molar refractivity (Wildman–Crippen MR) is 65.7 cm³/mol. The zero-order valence-electron chi connectivity index (χ0n) is 10.8. The molecular formula is C13H10FN3O3. The Kier molecular flexibility index (Phi) is 2.63. The highest BCUT2D eigenvalue weighted by Crippen LogP contribution is 2.33. The monoisotopic (exact) mass is 275 g/mol. The highest BCUT2D eigenvalue weighted by atomic mass is 19.1. The second-order valence-electron chi connectivity index (χ2n) is 4.66. The van der Waals surface area contributed by atoms with Gasteiger partial charge >= 0.3 is 0 Å². The summed E-state index contributed by atoms with van der Waals surface area (Å²) in [6, 6.07) is 2.79. The van der Waals surface area contributed by atoms with Crippen LogP contribution in [0.15, 0.2) is 16.8 Å². The molecule has 0 unspecified atom stereocenters. The van der Waals surface area contributed by atoms with Gasteiger partial charge in [-0.1, -0.05) is 10.3 Å². The number of carbonyl (C=O) groups excluding carboxylic acids is 2. The van der Waals surface area contributed by atoms with Crippen molar-refractivity contribution in [2.45, 2.75) is 20.4 Å². The van der Waals surface area contributed by atoms with Gasteiger partial charge in [-0.3, -0.25) is 14.5 Å². The summed E-state index contributed by atoms with van der Waals surface area (Å²) in [5, 5.41) is 7.24. The molecular weight excluding hydrogens is 265 g/mol. The van der Waals surface area contributed by atoms with E-state index < -0.39 is 17.5 Å². The molecule has 0 radical (unpaired) electrons. The molecule has 0 aliphatic carbocycles. The van der Waals surface area contributed by atoms with E-state index in [1.807, 2.05) is 0 Å². The molecule has 0 spiro atoms. The van der Waals surface area contributed by atoms with E-state index >= 15 is 0 Å². The summed E-state index contributed by atoms with van der Waals surface area (Å²) in [6.45, 7) is 3.27. The fourth-order valence-corrected chi connectivity index (χ4v) is 2.21. The van der Waals surface area contributed by atoms with E-state index in [0.717, 1.165) is 4.90 Å². The van der Waals surface area contributed by atoms with Crippen LogP contribution in [0.4, 0.5) is 10.1 Å². The molecule has 6 nitrogen and oxygen atoms in total. The van der Waals surface area contributed by atoms with Gasteiger partial charge in [-0.05, 0) is 31.5 Å². The van der Waals surface area contributed by atoms with Crippen molar-refractivity contribution in [1.29, 1.82) is 0 Å². The van der Waals surface area contributed by atoms with Crippen molar-refractivity contribution in [3.63, 3.8) is 0 Å². The lowest BCUT2D eigenvalue weighted by Gasteiger charge is -2.15. The Morgan fingerprint density at radius 2 is 2.00 bits per heavy atom. The Morgan fingerprint density at radius 1 is 1.25 bits per heavy atom. The third-order valence-electron chi connectivity index (χ3n) is 3.22. The third-order valence-corrected chi connectivity index (χ3v) is 3.22. The van der Waals surface area contributed by atoms with Gasteiger partial charge in [-0.15, -0.1) is 0 Å². The molecule has 0 atom stereocenters. The minimum absolute atomic E-state index is 0.00648. The Labute approximate surface area is 113 Å². The first-order valence-corrected chi connectivity index (χ1v) is 5.93. The zero-order valence-corrected chi connectivity index (χ0v) is 10.8. The van der Waals surface area contributed by atoms with Crippen LogP contribution in [0.5, 0.6) is 0 Å². The summed E-state index contributed by atoms with van der Waals surface area (Å²) < 4.78 is 18.6. The van der Waals surface area contributed by atoms with E-state index in [0.29, 0.717) is 17.0 Å². The number of aromatic nitrogens is 2. The number of ketones is 1. The second kappa shape index (κ2) is 4.22. The maximum absolute atomic E-state index is 14.1. The number of anilines is 1. The van der Waals surface area contributed by atoms with Gasteiger partial charge in [0.05, 0.1) is 17.8 Å². The molecule has 20 heavy (non-hydrogen) atoms. The van der Waals surface area contributed by atoms with Gasteiger partial charge in [-0.25, -0.2) is 9.02 Å². The highest BCUT2D eigenvalue weighted by molar-refractivity contribution is 6.52. The number of aryl methyl sites for hydroxylation is 2. The topological polar surface area (TPSA) is 76.3 Å². The molecule has 102 valence electrons. The Balaban J connectivity index is 2.09. The maximum Gasteiger partial charge on any atom is 0.299 e. The number of Topliss-reactive ketones (excluding diaryl/α,β-unsaturated/α-hetero) is 1. The van der Waals surface area contributed by atoms with Crippen molar-refractivity contribution < 1.29 is 18.6 Å². The van der Waals surface area contributed by atoms with Crippen molar-refractivity contribution >= 4 is 17.4 Å². The minimum atomic E-state index is -0.771. The van der Waals surface area contributed by atoms with Gasteiger partial charge in [0, 0.05) is 0 Å². The molecule has 7 heteroatoms. The van der Waals surface area contributed by atoms with Crippen LogP contribution in [-0.4, -0.2) is 22.0 Å². The molecule has 0 saturated carbocycles. The number of fused-ring (bicyclic) bond motifs is 1. The van der Waals surface area contributed by atoms with Crippen molar-refractivity contribution in [2.75, 3.05) is 4.90 Å². The molecule has 1 aromatic carbocycles. The summed E-state index contributed by atoms with van der Waals surface area (Å²) in [7, 11) is 0. The van der Waals surface area contributed by atoms with E-state index in [1.165, 1.54) is 12.1 Å². The van der Waals surface area contributed by atoms with Crippen LogP contribution >= 0.6 is 0 Å². The molecule has 0 fully saturated rings. The lowest BCUT2D eigenvalue weighted by molar-refractivity contribution is -0.114. The number of hydrogen-bond donors (Lipinski definition) is 0. The number of hydrogen-bond acceptors (Lipinski definition) is 5. The third kappa shape index (κ3) is 1.70. The number of rotatable bonds is 2. The van der Waals surface area contributed by atoms with E-state index in [1.54, 1.807) is 13.8 Å². The minimum Gasteiger partial charge on any atom is -0.296 e.